The van der Waals surface area contributed by atoms with Crippen molar-refractivity contribution in [3.8, 4) is 11.8 Å². The van der Waals surface area contributed by atoms with Gasteiger partial charge in [-0.2, -0.15) is 5.26 Å². The fourth-order valence-electron chi connectivity index (χ4n) is 3.89. The first kappa shape index (κ1) is 24.8. The first-order valence-corrected chi connectivity index (χ1v) is 11.5. The first-order valence-electron chi connectivity index (χ1n) is 11.5. The molecule has 8 heteroatoms. The lowest BCUT2D eigenvalue weighted by molar-refractivity contribution is -0.117. The lowest BCUT2D eigenvalue weighted by Crippen LogP contribution is -2.39. The molecule has 0 radical (unpaired) electrons. The lowest BCUT2D eigenvalue weighted by atomic mass is 10.0. The summed E-state index contributed by atoms with van der Waals surface area (Å²) < 4.78 is 8.51. The lowest BCUT2D eigenvalue weighted by Gasteiger charge is -2.14. The van der Waals surface area contributed by atoms with E-state index in [0.717, 1.165) is 11.3 Å². The van der Waals surface area contributed by atoms with E-state index in [1.54, 1.807) is 29.7 Å². The Bertz CT molecular complexity index is 1320. The van der Waals surface area contributed by atoms with Crippen LogP contribution in [0.25, 0.3) is 10.9 Å². The van der Waals surface area contributed by atoms with Gasteiger partial charge in [-0.05, 0) is 62.1 Å². The zero-order valence-electron chi connectivity index (χ0n) is 19.8. The number of rotatable bonds is 10. The van der Waals surface area contributed by atoms with Gasteiger partial charge < -0.3 is 10.1 Å². The molecular formula is C26H30N4O4. The smallest absolute Gasteiger partial charge is 0.331 e. The van der Waals surface area contributed by atoms with Crippen LogP contribution in [0.1, 0.15) is 39.2 Å². The van der Waals surface area contributed by atoms with E-state index in [4.69, 9.17) is 10.00 Å². The van der Waals surface area contributed by atoms with Crippen molar-refractivity contribution in [2.75, 3.05) is 11.9 Å². The monoisotopic (exact) mass is 462 g/mol. The van der Waals surface area contributed by atoms with Gasteiger partial charge in [0, 0.05) is 25.2 Å². The molecule has 8 nitrogen and oxygen atoms in total. The van der Waals surface area contributed by atoms with Crippen LogP contribution in [0.15, 0.2) is 52.1 Å². The molecule has 34 heavy (non-hydrogen) atoms. The summed E-state index contributed by atoms with van der Waals surface area (Å²) in [5, 5.41) is 12.0. The second-order valence-corrected chi connectivity index (χ2v) is 8.28. The maximum Gasteiger partial charge on any atom is 0.331 e. The van der Waals surface area contributed by atoms with Gasteiger partial charge in [0.15, 0.2) is 0 Å². The average Bonchev–Trinajstić information content (AvgIpc) is 2.81. The molecule has 3 rings (SSSR count). The molecule has 0 bridgehead atoms. The standard InChI is InChI=1S/C26H30N4O4/c1-4-29-23-11-8-20(17-22(23)25(32)30(5-2)26(29)33)28-24(31)16-18(3)13-15-34-21-9-6-19(7-10-21)12-14-27/h6-11,17-18H,4-5,12-13,15-16H2,1-3H3,(H,28,31). The number of fused-ring (bicyclic) bond motifs is 1. The van der Waals surface area contributed by atoms with E-state index < -0.39 is 0 Å². The van der Waals surface area contributed by atoms with Gasteiger partial charge >= 0.3 is 5.69 Å². The first-order chi connectivity index (χ1) is 16.4. The molecule has 1 amide bonds. The van der Waals surface area contributed by atoms with E-state index in [1.807, 2.05) is 38.1 Å². The Morgan fingerprint density at radius 1 is 1.09 bits per heavy atom. The van der Waals surface area contributed by atoms with Crippen molar-refractivity contribution in [3.63, 3.8) is 0 Å². The fraction of sp³-hybridized carbons (Fsp3) is 0.385. The maximum absolute atomic E-state index is 12.8. The molecular weight excluding hydrogens is 432 g/mol. The van der Waals surface area contributed by atoms with Crippen LogP contribution < -0.4 is 21.3 Å². The Labute approximate surface area is 198 Å². The number of nitrogens with one attached hydrogen (secondary N) is 1. The number of amides is 1. The highest BCUT2D eigenvalue weighted by atomic mass is 16.5. The van der Waals surface area contributed by atoms with Gasteiger partial charge in [-0.3, -0.25) is 18.7 Å². The van der Waals surface area contributed by atoms with Gasteiger partial charge in [0.2, 0.25) is 5.91 Å². The molecule has 0 aliphatic heterocycles. The number of hydrogen-bond acceptors (Lipinski definition) is 5. The number of carbonyl (C=O) groups is 1. The molecule has 0 saturated carbocycles. The number of nitrogens with zero attached hydrogens (tertiary/aromatic N) is 3. The van der Waals surface area contributed by atoms with Crippen molar-refractivity contribution in [2.24, 2.45) is 5.92 Å². The summed E-state index contributed by atoms with van der Waals surface area (Å²) in [6.07, 6.45) is 1.39. The molecule has 0 aliphatic carbocycles. The summed E-state index contributed by atoms with van der Waals surface area (Å²) in [4.78, 5) is 37.8. The number of benzene rings is 2. The van der Waals surface area contributed by atoms with Crippen molar-refractivity contribution < 1.29 is 9.53 Å². The number of carbonyl (C=O) groups excluding carboxylic acids is 1. The van der Waals surface area contributed by atoms with Crippen LogP contribution in [0.4, 0.5) is 5.69 Å². The van der Waals surface area contributed by atoms with E-state index in [9.17, 15) is 14.4 Å². The molecule has 178 valence electrons. The topological polar surface area (TPSA) is 106 Å². The highest BCUT2D eigenvalue weighted by Crippen LogP contribution is 2.18. The number of hydrogen-bond donors (Lipinski definition) is 1. The Balaban J connectivity index is 1.59. The fourth-order valence-corrected chi connectivity index (χ4v) is 3.89. The number of aromatic nitrogens is 2. The Hall–Kier alpha value is -3.86. The highest BCUT2D eigenvalue weighted by Gasteiger charge is 2.14. The minimum absolute atomic E-state index is 0.0981. The van der Waals surface area contributed by atoms with Crippen LogP contribution in [0.2, 0.25) is 0 Å². The van der Waals surface area contributed by atoms with Gasteiger partial charge in [0.1, 0.15) is 5.75 Å². The summed E-state index contributed by atoms with van der Waals surface area (Å²) >= 11 is 0. The van der Waals surface area contributed by atoms with Crippen molar-refractivity contribution in [1.29, 1.82) is 5.26 Å². The van der Waals surface area contributed by atoms with E-state index in [-0.39, 0.29) is 29.6 Å². The van der Waals surface area contributed by atoms with Gasteiger partial charge in [-0.25, -0.2) is 4.79 Å². The summed E-state index contributed by atoms with van der Waals surface area (Å²) in [5.74, 6) is 0.686. The largest absolute Gasteiger partial charge is 0.494 e. The second kappa shape index (κ2) is 11.3. The number of nitriles is 1. The summed E-state index contributed by atoms with van der Waals surface area (Å²) in [5.41, 5.74) is 1.36. The molecule has 1 aromatic heterocycles. The van der Waals surface area contributed by atoms with Gasteiger partial charge in [-0.15, -0.1) is 0 Å². The molecule has 1 N–H and O–H groups in total. The summed E-state index contributed by atoms with van der Waals surface area (Å²) in [7, 11) is 0. The molecule has 1 unspecified atom stereocenters. The maximum atomic E-state index is 12.8. The third-order valence-corrected chi connectivity index (χ3v) is 5.76. The van der Waals surface area contributed by atoms with Crippen LogP contribution in [0.3, 0.4) is 0 Å². The zero-order valence-corrected chi connectivity index (χ0v) is 19.8. The third-order valence-electron chi connectivity index (χ3n) is 5.76. The van der Waals surface area contributed by atoms with Crippen molar-refractivity contribution >= 4 is 22.5 Å². The number of ether oxygens (including phenoxy) is 1. The quantitative estimate of drug-likeness (QED) is 0.494. The van der Waals surface area contributed by atoms with E-state index in [0.29, 0.717) is 49.0 Å². The van der Waals surface area contributed by atoms with Crippen LogP contribution in [0.5, 0.6) is 5.75 Å². The molecule has 0 saturated heterocycles. The van der Waals surface area contributed by atoms with Crippen LogP contribution in [0, 0.1) is 17.2 Å². The predicted octanol–water partition coefficient (Wildman–Crippen LogP) is 3.70. The minimum atomic E-state index is -0.352. The number of aryl methyl sites for hydroxylation is 1. The summed E-state index contributed by atoms with van der Waals surface area (Å²) in [6, 6.07) is 14.6. The Kier molecular flexibility index (Phi) is 8.25. The van der Waals surface area contributed by atoms with Crippen LogP contribution in [-0.4, -0.2) is 21.6 Å². The molecule has 0 spiro atoms. The van der Waals surface area contributed by atoms with E-state index in [1.165, 1.54) is 4.57 Å². The van der Waals surface area contributed by atoms with Crippen LogP contribution in [-0.2, 0) is 24.3 Å². The van der Waals surface area contributed by atoms with Gasteiger partial charge in [0.05, 0.1) is 30.0 Å². The van der Waals surface area contributed by atoms with Crippen molar-refractivity contribution in [2.45, 2.75) is 53.1 Å². The molecule has 2 aromatic carbocycles. The van der Waals surface area contributed by atoms with Crippen LogP contribution >= 0.6 is 0 Å². The normalized spacial score (nSPS) is 11.7. The molecule has 1 atom stereocenters. The number of anilines is 1. The molecule has 3 aromatic rings. The SMILES string of the molecule is CCn1c(=O)c2cc(NC(=O)CC(C)CCOc3ccc(CC#N)cc3)ccc2n(CC)c1=O. The highest BCUT2D eigenvalue weighted by molar-refractivity contribution is 5.93. The molecule has 1 heterocycles. The third kappa shape index (κ3) is 5.73. The van der Waals surface area contributed by atoms with Crippen molar-refractivity contribution in [3.05, 3.63) is 68.9 Å². The van der Waals surface area contributed by atoms with Gasteiger partial charge in [0.25, 0.3) is 5.56 Å². The van der Waals surface area contributed by atoms with E-state index >= 15 is 0 Å². The zero-order chi connectivity index (χ0) is 24.7. The van der Waals surface area contributed by atoms with E-state index in [2.05, 4.69) is 11.4 Å². The second-order valence-electron chi connectivity index (χ2n) is 8.28. The summed E-state index contributed by atoms with van der Waals surface area (Å²) in [6.45, 7) is 6.82. The minimum Gasteiger partial charge on any atom is -0.494 e. The predicted molar refractivity (Wildman–Crippen MR) is 132 cm³/mol. The Morgan fingerprint density at radius 2 is 1.79 bits per heavy atom. The average molecular weight is 463 g/mol. The van der Waals surface area contributed by atoms with Gasteiger partial charge in [-0.1, -0.05) is 19.1 Å². The Morgan fingerprint density at radius 3 is 2.44 bits per heavy atom. The molecule has 0 fully saturated rings. The van der Waals surface area contributed by atoms with Crippen molar-refractivity contribution in [1.82, 2.24) is 9.13 Å². The molecule has 0 aliphatic rings.